The average Bonchev–Trinajstić information content (AvgIpc) is 2.75. The molecular weight excluding hydrogens is 312 g/mol. The van der Waals surface area contributed by atoms with E-state index in [1.165, 1.54) is 50.1 Å². The van der Waals surface area contributed by atoms with Crippen LogP contribution in [0.2, 0.25) is 0 Å². The average molecular weight is 333 g/mol. The molecule has 0 amide bonds. The van der Waals surface area contributed by atoms with Gasteiger partial charge in [0.25, 0.3) is 0 Å². The number of nitrogens with zero attached hydrogens (tertiary/aromatic N) is 2. The minimum Gasteiger partial charge on any atom is -0.303 e. The molecular formula is C13H21BrN2OS. The molecule has 2 rings (SSSR count). The number of thiazole rings is 1. The van der Waals surface area contributed by atoms with Crippen molar-refractivity contribution in [3.8, 4) is 0 Å². The number of rotatable bonds is 5. The summed E-state index contributed by atoms with van der Waals surface area (Å²) in [6, 6.07) is 0. The normalized spacial score (nSPS) is 16.9. The molecule has 2 heterocycles. The minimum atomic E-state index is 0. The summed E-state index contributed by atoms with van der Waals surface area (Å²) >= 11 is 1.45. The largest absolute Gasteiger partial charge is 0.303 e. The maximum Gasteiger partial charge on any atom is 0.191 e. The van der Waals surface area contributed by atoms with Gasteiger partial charge in [0.15, 0.2) is 10.8 Å². The van der Waals surface area contributed by atoms with E-state index in [-0.39, 0.29) is 22.8 Å². The molecule has 3 nitrogen and oxygen atoms in total. The van der Waals surface area contributed by atoms with Crippen molar-refractivity contribution in [3.05, 3.63) is 16.6 Å². The van der Waals surface area contributed by atoms with Crippen LogP contribution in [0.15, 0.2) is 11.6 Å². The van der Waals surface area contributed by atoms with Gasteiger partial charge in [0.2, 0.25) is 0 Å². The Bertz CT molecular complexity index is 335. The summed E-state index contributed by atoms with van der Waals surface area (Å²) in [5, 5.41) is 2.53. The first-order valence-corrected chi connectivity index (χ1v) is 7.39. The third kappa shape index (κ3) is 5.16. The molecule has 0 bridgehead atoms. The summed E-state index contributed by atoms with van der Waals surface area (Å²) in [5.74, 6) is 0.204. The predicted molar refractivity (Wildman–Crippen MR) is 80.9 cm³/mol. The van der Waals surface area contributed by atoms with Crippen molar-refractivity contribution in [2.45, 2.75) is 38.5 Å². The second-order valence-electron chi connectivity index (χ2n) is 4.62. The molecule has 0 spiro atoms. The second-order valence-corrected chi connectivity index (χ2v) is 5.51. The van der Waals surface area contributed by atoms with Crippen LogP contribution in [0, 0.1) is 0 Å². The summed E-state index contributed by atoms with van der Waals surface area (Å²) in [6.07, 6.45) is 8.69. The van der Waals surface area contributed by atoms with Gasteiger partial charge in [0.1, 0.15) is 0 Å². The van der Waals surface area contributed by atoms with Crippen LogP contribution in [0.4, 0.5) is 0 Å². The highest BCUT2D eigenvalue weighted by Crippen LogP contribution is 2.12. The van der Waals surface area contributed by atoms with E-state index in [0.29, 0.717) is 11.4 Å². The zero-order chi connectivity index (χ0) is 11.9. The van der Waals surface area contributed by atoms with Crippen LogP contribution in [-0.4, -0.2) is 35.3 Å². The topological polar surface area (TPSA) is 33.2 Å². The van der Waals surface area contributed by atoms with E-state index >= 15 is 0 Å². The van der Waals surface area contributed by atoms with Crippen molar-refractivity contribution in [2.24, 2.45) is 0 Å². The number of hydrogen-bond acceptors (Lipinski definition) is 4. The number of Topliss-reactive ketones (excluding diaryl/α,β-unsaturated/α-hetero) is 1. The van der Waals surface area contributed by atoms with Crippen molar-refractivity contribution in [2.75, 3.05) is 19.6 Å². The van der Waals surface area contributed by atoms with Crippen molar-refractivity contribution in [1.82, 2.24) is 9.88 Å². The number of ketones is 1. The maximum atomic E-state index is 11.7. The Morgan fingerprint density at radius 1 is 1.28 bits per heavy atom. The molecule has 0 saturated carbocycles. The molecule has 0 aromatic carbocycles. The fraction of sp³-hybridized carbons (Fsp3) is 0.692. The minimum absolute atomic E-state index is 0. The van der Waals surface area contributed by atoms with E-state index < -0.39 is 0 Å². The van der Waals surface area contributed by atoms with Crippen molar-refractivity contribution >= 4 is 34.1 Å². The van der Waals surface area contributed by atoms with Gasteiger partial charge in [0, 0.05) is 18.0 Å². The van der Waals surface area contributed by atoms with Crippen LogP contribution in [0.3, 0.4) is 0 Å². The highest BCUT2D eigenvalue weighted by molar-refractivity contribution is 8.93. The van der Waals surface area contributed by atoms with Gasteiger partial charge in [-0.3, -0.25) is 4.79 Å². The summed E-state index contributed by atoms with van der Waals surface area (Å²) in [6.45, 7) is 3.49. The van der Waals surface area contributed by atoms with Gasteiger partial charge in [-0.2, -0.15) is 0 Å². The Hall–Kier alpha value is -0.260. The lowest BCUT2D eigenvalue weighted by molar-refractivity contribution is 0.0974. The lowest BCUT2D eigenvalue weighted by Gasteiger charge is -2.18. The Kier molecular flexibility index (Phi) is 7.70. The summed E-state index contributed by atoms with van der Waals surface area (Å²) in [7, 11) is 0. The fourth-order valence-corrected chi connectivity index (χ4v) is 2.90. The summed E-state index contributed by atoms with van der Waals surface area (Å²) in [4.78, 5) is 18.3. The molecule has 0 radical (unpaired) electrons. The fourth-order valence-electron chi connectivity index (χ4n) is 2.29. The van der Waals surface area contributed by atoms with Gasteiger partial charge >= 0.3 is 0 Å². The van der Waals surface area contributed by atoms with E-state index in [2.05, 4.69) is 9.88 Å². The Labute approximate surface area is 123 Å². The van der Waals surface area contributed by atoms with Gasteiger partial charge < -0.3 is 4.90 Å². The van der Waals surface area contributed by atoms with E-state index in [4.69, 9.17) is 0 Å². The first kappa shape index (κ1) is 15.8. The standard InChI is InChI=1S/C13H20N2OS.BrH/c16-12(13-14-7-11-17-13)6-5-10-15-8-3-1-2-4-9-15;/h7,11H,1-6,8-10H2;1H. The highest BCUT2D eigenvalue weighted by Gasteiger charge is 2.11. The quantitative estimate of drug-likeness (QED) is 0.773. The predicted octanol–water partition coefficient (Wildman–Crippen LogP) is 3.56. The lowest BCUT2D eigenvalue weighted by atomic mass is 10.2. The van der Waals surface area contributed by atoms with Gasteiger partial charge in [0.05, 0.1) is 0 Å². The molecule has 1 saturated heterocycles. The van der Waals surface area contributed by atoms with Crippen molar-refractivity contribution in [3.63, 3.8) is 0 Å². The number of carbonyl (C=O) groups excluding carboxylic acids is 1. The van der Waals surface area contributed by atoms with Crippen LogP contribution in [0.1, 0.15) is 48.3 Å². The lowest BCUT2D eigenvalue weighted by Crippen LogP contribution is -2.26. The highest BCUT2D eigenvalue weighted by atomic mass is 79.9. The molecule has 1 aromatic heterocycles. The molecule has 102 valence electrons. The molecule has 0 unspecified atom stereocenters. The van der Waals surface area contributed by atoms with Crippen LogP contribution >= 0.6 is 28.3 Å². The Morgan fingerprint density at radius 3 is 2.61 bits per heavy atom. The number of likely N-dealkylation sites (tertiary alicyclic amines) is 1. The van der Waals surface area contributed by atoms with Crippen molar-refractivity contribution in [1.29, 1.82) is 0 Å². The number of carbonyl (C=O) groups is 1. The molecule has 0 aliphatic carbocycles. The molecule has 18 heavy (non-hydrogen) atoms. The monoisotopic (exact) mass is 332 g/mol. The summed E-state index contributed by atoms with van der Waals surface area (Å²) < 4.78 is 0. The zero-order valence-electron chi connectivity index (χ0n) is 10.6. The van der Waals surface area contributed by atoms with Gasteiger partial charge in [-0.25, -0.2) is 4.98 Å². The third-order valence-corrected chi connectivity index (χ3v) is 4.06. The summed E-state index contributed by atoms with van der Waals surface area (Å²) in [5.41, 5.74) is 0. The van der Waals surface area contributed by atoms with Crippen molar-refractivity contribution < 1.29 is 4.79 Å². The van der Waals surface area contributed by atoms with E-state index in [1.807, 2.05) is 5.38 Å². The molecule has 0 N–H and O–H groups in total. The van der Waals surface area contributed by atoms with E-state index in [0.717, 1.165) is 13.0 Å². The van der Waals surface area contributed by atoms with Gasteiger partial charge in [-0.05, 0) is 38.9 Å². The molecule has 0 atom stereocenters. The van der Waals surface area contributed by atoms with Crippen LogP contribution in [0.5, 0.6) is 0 Å². The maximum absolute atomic E-state index is 11.7. The van der Waals surface area contributed by atoms with Crippen LogP contribution < -0.4 is 0 Å². The SMILES string of the molecule is Br.O=C(CCCN1CCCCCC1)c1nccs1. The molecule has 1 aliphatic heterocycles. The van der Waals surface area contributed by atoms with E-state index in [9.17, 15) is 4.79 Å². The zero-order valence-corrected chi connectivity index (χ0v) is 13.2. The number of aromatic nitrogens is 1. The second kappa shape index (κ2) is 8.77. The van der Waals surface area contributed by atoms with Gasteiger partial charge in [-0.15, -0.1) is 28.3 Å². The van der Waals surface area contributed by atoms with Crippen LogP contribution in [0.25, 0.3) is 0 Å². The van der Waals surface area contributed by atoms with Gasteiger partial charge in [-0.1, -0.05) is 12.8 Å². The van der Waals surface area contributed by atoms with E-state index in [1.54, 1.807) is 6.20 Å². The molecule has 1 aliphatic rings. The molecule has 5 heteroatoms. The first-order chi connectivity index (χ1) is 8.36. The molecule has 1 fully saturated rings. The van der Waals surface area contributed by atoms with Crippen LogP contribution in [-0.2, 0) is 0 Å². The molecule has 1 aromatic rings. The number of halogens is 1. The smallest absolute Gasteiger partial charge is 0.191 e. The Balaban J connectivity index is 0.00000162. The number of hydrogen-bond donors (Lipinski definition) is 0. The Morgan fingerprint density at radius 2 is 2.00 bits per heavy atom. The third-order valence-electron chi connectivity index (χ3n) is 3.25. The first-order valence-electron chi connectivity index (χ1n) is 6.51.